The number of furan rings is 1. The lowest BCUT2D eigenvalue weighted by atomic mass is 9.89. The normalized spacial score (nSPS) is 12.2. The van der Waals surface area contributed by atoms with E-state index in [9.17, 15) is 0 Å². The van der Waals surface area contributed by atoms with E-state index in [2.05, 4.69) is 29.2 Å². The lowest BCUT2D eigenvalue weighted by Gasteiger charge is -2.16. The van der Waals surface area contributed by atoms with E-state index in [0.717, 1.165) is 11.0 Å². The van der Waals surface area contributed by atoms with Crippen LogP contribution in [0, 0.1) is 0 Å². The monoisotopic (exact) mass is 223 g/mol. The lowest BCUT2D eigenvalue weighted by Crippen LogP contribution is -2.06. The smallest absolute Gasteiger partial charge is 0.136 e. The van der Waals surface area contributed by atoms with Gasteiger partial charge < -0.3 is 4.42 Å². The van der Waals surface area contributed by atoms with Crippen LogP contribution in [0.1, 0.15) is 11.1 Å². The van der Waals surface area contributed by atoms with Crippen LogP contribution in [0.4, 0.5) is 0 Å². The topological polar surface area (TPSA) is 26.0 Å². The third-order valence-corrected chi connectivity index (χ3v) is 3.03. The summed E-state index contributed by atoms with van der Waals surface area (Å²) in [6, 6.07) is 12.4. The number of rotatable bonds is 0. The molecule has 0 fully saturated rings. The van der Waals surface area contributed by atoms with Crippen LogP contribution >= 0.6 is 0 Å². The van der Waals surface area contributed by atoms with Gasteiger partial charge in [0.15, 0.2) is 0 Å². The molecule has 0 aliphatic heterocycles. The Bertz CT molecular complexity index is 574. The third kappa shape index (κ3) is 2.07. The molecule has 2 aromatic heterocycles. The number of hydrogen-bond acceptors (Lipinski definition) is 2. The van der Waals surface area contributed by atoms with Crippen molar-refractivity contribution in [2.45, 2.75) is 12.8 Å². The Labute approximate surface area is 99.9 Å². The average Bonchev–Trinajstić information content (AvgIpc) is 2.80. The molecule has 0 amide bonds. The summed E-state index contributed by atoms with van der Waals surface area (Å²) >= 11 is 0. The van der Waals surface area contributed by atoms with Crippen molar-refractivity contribution in [2.24, 2.45) is 0 Å². The van der Waals surface area contributed by atoms with Crippen molar-refractivity contribution in [1.29, 1.82) is 0 Å². The van der Waals surface area contributed by atoms with Gasteiger partial charge >= 0.3 is 0 Å². The second-order valence-electron chi connectivity index (χ2n) is 4.10. The maximum atomic E-state index is 5.08. The molecule has 2 heterocycles. The van der Waals surface area contributed by atoms with Gasteiger partial charge in [-0.2, -0.15) is 0 Å². The second-order valence-corrected chi connectivity index (χ2v) is 4.10. The highest BCUT2D eigenvalue weighted by atomic mass is 16.3. The fraction of sp³-hybridized carbons (Fsp3) is 0.133. The minimum absolute atomic E-state index is 0.894. The van der Waals surface area contributed by atoms with Crippen molar-refractivity contribution < 1.29 is 4.42 Å². The molecule has 0 saturated carbocycles. The van der Waals surface area contributed by atoms with Crippen LogP contribution in [-0.2, 0) is 12.8 Å². The van der Waals surface area contributed by atoms with E-state index < -0.39 is 0 Å². The number of aryl methyl sites for hydroxylation is 2. The maximum absolute atomic E-state index is 5.08. The van der Waals surface area contributed by atoms with Crippen LogP contribution in [0.5, 0.6) is 0 Å². The van der Waals surface area contributed by atoms with Crippen molar-refractivity contribution in [2.75, 3.05) is 0 Å². The SMILES string of the molecule is c1cc2occc2cn1.c1ccc2c(c1)CC2. The van der Waals surface area contributed by atoms with E-state index >= 15 is 0 Å². The van der Waals surface area contributed by atoms with Crippen molar-refractivity contribution in [3.8, 4) is 0 Å². The average molecular weight is 223 g/mol. The molecule has 84 valence electrons. The highest BCUT2D eigenvalue weighted by Crippen LogP contribution is 2.20. The van der Waals surface area contributed by atoms with Gasteiger partial charge in [-0.1, -0.05) is 24.3 Å². The fourth-order valence-corrected chi connectivity index (χ4v) is 1.94. The number of benzene rings is 1. The van der Waals surface area contributed by atoms with Gasteiger partial charge in [0.25, 0.3) is 0 Å². The number of hydrogen-bond donors (Lipinski definition) is 0. The molecule has 1 aromatic carbocycles. The molecule has 0 spiro atoms. The predicted molar refractivity (Wildman–Crippen MR) is 67.9 cm³/mol. The van der Waals surface area contributed by atoms with E-state index in [1.165, 1.54) is 12.8 Å². The molecule has 4 rings (SSSR count). The summed E-state index contributed by atoms with van der Waals surface area (Å²) in [7, 11) is 0. The van der Waals surface area contributed by atoms with Gasteiger partial charge in [-0.15, -0.1) is 0 Å². The van der Waals surface area contributed by atoms with Crippen LogP contribution in [-0.4, -0.2) is 4.98 Å². The van der Waals surface area contributed by atoms with Gasteiger partial charge in [-0.25, -0.2) is 0 Å². The molecule has 0 bridgehead atoms. The molecule has 0 N–H and O–H groups in total. The Morgan fingerprint density at radius 2 is 1.71 bits per heavy atom. The van der Waals surface area contributed by atoms with Crippen LogP contribution in [0.25, 0.3) is 11.0 Å². The molecule has 0 unspecified atom stereocenters. The molecular formula is C15H13NO. The van der Waals surface area contributed by atoms with E-state index in [1.807, 2.05) is 12.1 Å². The molecule has 17 heavy (non-hydrogen) atoms. The molecular weight excluding hydrogens is 210 g/mol. The van der Waals surface area contributed by atoms with E-state index in [4.69, 9.17) is 4.42 Å². The Kier molecular flexibility index (Phi) is 2.62. The van der Waals surface area contributed by atoms with Crippen LogP contribution in [0.3, 0.4) is 0 Å². The van der Waals surface area contributed by atoms with Gasteiger partial charge in [0, 0.05) is 17.8 Å². The first kappa shape index (κ1) is 10.1. The first-order chi connectivity index (χ1) is 8.43. The fourth-order valence-electron chi connectivity index (χ4n) is 1.94. The van der Waals surface area contributed by atoms with Gasteiger partial charge in [-0.05, 0) is 36.1 Å². The zero-order chi connectivity index (χ0) is 11.5. The summed E-state index contributed by atoms with van der Waals surface area (Å²) in [5, 5.41) is 1.05. The second kappa shape index (κ2) is 4.42. The minimum Gasteiger partial charge on any atom is -0.464 e. The number of fused-ring (bicyclic) bond motifs is 2. The highest BCUT2D eigenvalue weighted by Gasteiger charge is 2.09. The van der Waals surface area contributed by atoms with Crippen LogP contribution in [0.2, 0.25) is 0 Å². The van der Waals surface area contributed by atoms with E-state index in [1.54, 1.807) is 29.8 Å². The summed E-state index contributed by atoms with van der Waals surface area (Å²) in [5.41, 5.74) is 3.99. The summed E-state index contributed by atoms with van der Waals surface area (Å²) in [4.78, 5) is 3.93. The van der Waals surface area contributed by atoms with Gasteiger partial charge in [-0.3, -0.25) is 4.98 Å². The summed E-state index contributed by atoms with van der Waals surface area (Å²) < 4.78 is 5.08. The number of nitrogens with zero attached hydrogens (tertiary/aromatic N) is 1. The van der Waals surface area contributed by atoms with Crippen molar-refractivity contribution in [3.63, 3.8) is 0 Å². The van der Waals surface area contributed by atoms with Gasteiger partial charge in [0.2, 0.25) is 0 Å². The molecule has 0 saturated heterocycles. The standard InChI is InChI=1S/C8H8.C7H5NO/c1-2-4-8-6-5-7(8)3-1;1-3-8-5-6-2-4-9-7(1)6/h1-4H,5-6H2;1-5H. The van der Waals surface area contributed by atoms with Gasteiger partial charge in [0.05, 0.1) is 6.26 Å². The lowest BCUT2D eigenvalue weighted by molar-refractivity contribution is 0.615. The summed E-state index contributed by atoms with van der Waals surface area (Å²) in [5.74, 6) is 0. The van der Waals surface area contributed by atoms with Crippen molar-refractivity contribution in [1.82, 2.24) is 4.98 Å². The number of pyridine rings is 1. The third-order valence-electron chi connectivity index (χ3n) is 3.03. The summed E-state index contributed by atoms with van der Waals surface area (Å²) in [6.45, 7) is 0. The Hall–Kier alpha value is -2.09. The van der Waals surface area contributed by atoms with Crippen molar-refractivity contribution >= 4 is 11.0 Å². The number of aromatic nitrogens is 1. The van der Waals surface area contributed by atoms with Crippen LogP contribution in [0.15, 0.2) is 59.5 Å². The Morgan fingerprint density at radius 3 is 2.29 bits per heavy atom. The van der Waals surface area contributed by atoms with Gasteiger partial charge in [0.1, 0.15) is 5.58 Å². The van der Waals surface area contributed by atoms with E-state index in [0.29, 0.717) is 0 Å². The largest absolute Gasteiger partial charge is 0.464 e. The van der Waals surface area contributed by atoms with Crippen LogP contribution < -0.4 is 0 Å². The molecule has 0 atom stereocenters. The minimum atomic E-state index is 0.894. The summed E-state index contributed by atoms with van der Waals surface area (Å²) in [6.07, 6.45) is 7.75. The molecule has 2 heteroatoms. The molecule has 2 nitrogen and oxygen atoms in total. The predicted octanol–water partition coefficient (Wildman–Crippen LogP) is 3.61. The van der Waals surface area contributed by atoms with Crippen molar-refractivity contribution in [3.05, 3.63) is 66.2 Å². The molecule has 3 aromatic rings. The highest BCUT2D eigenvalue weighted by molar-refractivity contribution is 5.75. The first-order valence-corrected chi connectivity index (χ1v) is 5.77. The molecule has 0 radical (unpaired) electrons. The quantitative estimate of drug-likeness (QED) is 0.582. The Balaban J connectivity index is 0.000000107. The maximum Gasteiger partial charge on any atom is 0.136 e. The zero-order valence-electron chi connectivity index (χ0n) is 9.47. The molecule has 1 aliphatic carbocycles. The Morgan fingerprint density at radius 1 is 0.941 bits per heavy atom. The molecule has 1 aliphatic rings. The zero-order valence-corrected chi connectivity index (χ0v) is 9.47. The first-order valence-electron chi connectivity index (χ1n) is 5.77. The van der Waals surface area contributed by atoms with E-state index in [-0.39, 0.29) is 0 Å².